The number of likely N-dealkylation sites (tertiary alicyclic amines) is 1. The first kappa shape index (κ1) is 14.6. The Morgan fingerprint density at radius 2 is 1.79 bits per heavy atom. The largest absolute Gasteiger partial charge is 0.444 e. The summed E-state index contributed by atoms with van der Waals surface area (Å²) in [6.07, 6.45) is 4.76. The first-order valence-electron chi connectivity index (χ1n) is 7.64. The number of amides is 1. The van der Waals surface area contributed by atoms with E-state index in [1.54, 1.807) is 0 Å². The highest BCUT2D eigenvalue weighted by Crippen LogP contribution is 2.30. The minimum Gasteiger partial charge on any atom is -0.444 e. The summed E-state index contributed by atoms with van der Waals surface area (Å²) in [4.78, 5) is 16.7. The second-order valence-corrected chi connectivity index (χ2v) is 6.76. The van der Waals surface area contributed by atoms with Crippen molar-refractivity contribution in [2.45, 2.75) is 71.1 Å². The third-order valence-corrected chi connectivity index (χ3v) is 3.97. The van der Waals surface area contributed by atoms with Crippen LogP contribution in [0.2, 0.25) is 0 Å². The number of ether oxygens (including phenoxy) is 1. The van der Waals surface area contributed by atoms with Crippen molar-refractivity contribution in [2.75, 3.05) is 19.6 Å². The molecule has 4 nitrogen and oxygen atoms in total. The fourth-order valence-corrected chi connectivity index (χ4v) is 2.86. The van der Waals surface area contributed by atoms with Gasteiger partial charge in [0.1, 0.15) is 5.60 Å². The summed E-state index contributed by atoms with van der Waals surface area (Å²) < 4.78 is 5.50. The van der Waals surface area contributed by atoms with Gasteiger partial charge in [0.25, 0.3) is 0 Å². The summed E-state index contributed by atoms with van der Waals surface area (Å²) >= 11 is 0. The maximum absolute atomic E-state index is 12.2. The number of hydrogen-bond acceptors (Lipinski definition) is 3. The lowest BCUT2D eigenvalue weighted by molar-refractivity contribution is 0.00928. The molecule has 0 aromatic heterocycles. The van der Waals surface area contributed by atoms with Gasteiger partial charge in [-0.25, -0.2) is 4.79 Å². The fraction of sp³-hybridized carbons (Fsp3) is 0.933. The van der Waals surface area contributed by atoms with Gasteiger partial charge in [0.05, 0.1) is 0 Å². The van der Waals surface area contributed by atoms with Gasteiger partial charge in [0.15, 0.2) is 0 Å². The highest BCUT2D eigenvalue weighted by atomic mass is 16.6. The SMILES string of the molecule is CCN(C(=O)OC(C)(C)C)C1CCN(C2CC2)CC1. The molecule has 2 aliphatic rings. The molecule has 2 rings (SSSR count). The summed E-state index contributed by atoms with van der Waals surface area (Å²) in [6.45, 7) is 10.8. The molecule has 1 saturated heterocycles. The Hall–Kier alpha value is -0.770. The van der Waals surface area contributed by atoms with E-state index in [-0.39, 0.29) is 6.09 Å². The van der Waals surface area contributed by atoms with Crippen molar-refractivity contribution in [1.82, 2.24) is 9.80 Å². The Kier molecular flexibility index (Phi) is 4.39. The molecule has 0 spiro atoms. The molecule has 2 fully saturated rings. The first-order valence-corrected chi connectivity index (χ1v) is 7.64. The van der Waals surface area contributed by atoms with E-state index < -0.39 is 5.60 Å². The maximum Gasteiger partial charge on any atom is 0.410 e. The van der Waals surface area contributed by atoms with E-state index >= 15 is 0 Å². The van der Waals surface area contributed by atoms with Gasteiger partial charge in [0.2, 0.25) is 0 Å². The predicted octanol–water partition coefficient (Wildman–Crippen LogP) is 2.87. The molecule has 19 heavy (non-hydrogen) atoms. The van der Waals surface area contributed by atoms with Gasteiger partial charge < -0.3 is 14.5 Å². The number of nitrogens with zero attached hydrogens (tertiary/aromatic N) is 2. The van der Waals surface area contributed by atoms with Gasteiger partial charge in [-0.3, -0.25) is 0 Å². The Morgan fingerprint density at radius 1 is 1.21 bits per heavy atom. The molecule has 110 valence electrons. The molecule has 1 aliphatic heterocycles. The van der Waals surface area contributed by atoms with Crippen molar-refractivity contribution in [1.29, 1.82) is 0 Å². The topological polar surface area (TPSA) is 32.8 Å². The van der Waals surface area contributed by atoms with Crippen LogP contribution in [0.1, 0.15) is 53.4 Å². The molecule has 4 heteroatoms. The van der Waals surface area contributed by atoms with Crippen molar-refractivity contribution in [3.05, 3.63) is 0 Å². The zero-order valence-electron chi connectivity index (χ0n) is 12.8. The zero-order valence-corrected chi connectivity index (χ0v) is 12.8. The lowest BCUT2D eigenvalue weighted by Gasteiger charge is -2.38. The van der Waals surface area contributed by atoms with Gasteiger partial charge in [-0.1, -0.05) is 0 Å². The summed E-state index contributed by atoms with van der Waals surface area (Å²) in [5.74, 6) is 0. The van der Waals surface area contributed by atoms with E-state index in [1.165, 1.54) is 12.8 Å². The zero-order chi connectivity index (χ0) is 14.0. The Morgan fingerprint density at radius 3 is 2.21 bits per heavy atom. The van der Waals surface area contributed by atoms with Crippen molar-refractivity contribution < 1.29 is 9.53 Å². The van der Waals surface area contributed by atoms with Crippen LogP contribution in [0.3, 0.4) is 0 Å². The van der Waals surface area contributed by atoms with Crippen LogP contribution >= 0.6 is 0 Å². The monoisotopic (exact) mass is 268 g/mol. The van der Waals surface area contributed by atoms with Crippen LogP contribution < -0.4 is 0 Å². The number of carbonyl (C=O) groups excluding carboxylic acids is 1. The normalized spacial score (nSPS) is 22.3. The van der Waals surface area contributed by atoms with Crippen LogP contribution in [0.25, 0.3) is 0 Å². The number of piperidine rings is 1. The van der Waals surface area contributed by atoms with Crippen LogP contribution in [0, 0.1) is 0 Å². The third kappa shape index (κ3) is 4.10. The van der Waals surface area contributed by atoms with Crippen molar-refractivity contribution in [2.24, 2.45) is 0 Å². The molecule has 0 radical (unpaired) electrons. The minimum atomic E-state index is -0.404. The van der Waals surface area contributed by atoms with Gasteiger partial charge in [-0.05, 0) is 53.4 Å². The van der Waals surface area contributed by atoms with E-state index in [0.717, 1.165) is 38.5 Å². The molecular formula is C15H28N2O2. The summed E-state index contributed by atoms with van der Waals surface area (Å²) in [6, 6.07) is 1.20. The van der Waals surface area contributed by atoms with E-state index in [9.17, 15) is 4.79 Å². The lowest BCUT2D eigenvalue weighted by atomic mass is 10.0. The van der Waals surface area contributed by atoms with Gasteiger partial charge in [-0.15, -0.1) is 0 Å². The summed E-state index contributed by atoms with van der Waals surface area (Å²) in [7, 11) is 0. The minimum absolute atomic E-state index is 0.153. The lowest BCUT2D eigenvalue weighted by Crippen LogP contribution is -2.49. The quantitative estimate of drug-likeness (QED) is 0.789. The van der Waals surface area contributed by atoms with Crippen LogP contribution in [0.5, 0.6) is 0 Å². The molecule has 0 unspecified atom stereocenters. The predicted molar refractivity (Wildman–Crippen MR) is 76.2 cm³/mol. The van der Waals surface area contributed by atoms with Crippen molar-refractivity contribution >= 4 is 6.09 Å². The molecule has 0 bridgehead atoms. The average molecular weight is 268 g/mol. The van der Waals surface area contributed by atoms with E-state index in [2.05, 4.69) is 4.90 Å². The molecule has 1 amide bonds. The second-order valence-electron chi connectivity index (χ2n) is 6.76. The average Bonchev–Trinajstić information content (AvgIpc) is 3.12. The molecule has 0 aromatic rings. The molecule has 0 N–H and O–H groups in total. The smallest absolute Gasteiger partial charge is 0.410 e. The molecule has 0 atom stereocenters. The highest BCUT2D eigenvalue weighted by Gasteiger charge is 2.35. The van der Waals surface area contributed by atoms with Gasteiger partial charge in [0, 0.05) is 31.7 Å². The Labute approximate surface area is 117 Å². The van der Waals surface area contributed by atoms with Crippen LogP contribution in [-0.2, 0) is 4.74 Å². The molecular weight excluding hydrogens is 240 g/mol. The second kappa shape index (κ2) is 5.70. The van der Waals surface area contributed by atoms with Gasteiger partial charge in [-0.2, -0.15) is 0 Å². The number of rotatable bonds is 3. The van der Waals surface area contributed by atoms with Crippen molar-refractivity contribution in [3.8, 4) is 0 Å². The highest BCUT2D eigenvalue weighted by molar-refractivity contribution is 5.68. The van der Waals surface area contributed by atoms with E-state index in [4.69, 9.17) is 4.74 Å². The Bertz CT molecular complexity index is 313. The third-order valence-electron chi connectivity index (χ3n) is 3.97. The van der Waals surface area contributed by atoms with Crippen molar-refractivity contribution in [3.63, 3.8) is 0 Å². The van der Waals surface area contributed by atoms with Crippen LogP contribution in [0.4, 0.5) is 4.79 Å². The first-order chi connectivity index (χ1) is 8.90. The summed E-state index contributed by atoms with van der Waals surface area (Å²) in [5, 5.41) is 0. The molecule has 1 heterocycles. The number of hydrogen-bond donors (Lipinski definition) is 0. The van der Waals surface area contributed by atoms with E-state index in [0.29, 0.717) is 6.04 Å². The molecule has 0 aromatic carbocycles. The molecule has 1 aliphatic carbocycles. The number of carbonyl (C=O) groups is 1. The van der Waals surface area contributed by atoms with Crippen LogP contribution in [0.15, 0.2) is 0 Å². The van der Waals surface area contributed by atoms with Crippen LogP contribution in [-0.4, -0.2) is 53.2 Å². The maximum atomic E-state index is 12.2. The Balaban J connectivity index is 1.85. The van der Waals surface area contributed by atoms with Gasteiger partial charge >= 0.3 is 6.09 Å². The standard InChI is InChI=1S/C15H28N2O2/c1-5-17(14(18)19-15(2,3)4)13-8-10-16(11-9-13)12-6-7-12/h12-13H,5-11H2,1-4H3. The summed E-state index contributed by atoms with van der Waals surface area (Å²) in [5.41, 5.74) is -0.404. The molecule has 1 saturated carbocycles. The van der Waals surface area contributed by atoms with E-state index in [1.807, 2.05) is 32.6 Å². The fourth-order valence-electron chi connectivity index (χ4n) is 2.86.